The predicted molar refractivity (Wildman–Crippen MR) is 60.6 cm³/mol. The molecule has 2 N–H and O–H groups in total. The normalized spacial score (nSPS) is 11.5. The third kappa shape index (κ3) is 11.1. The van der Waals surface area contributed by atoms with Crippen LogP contribution in [-0.2, 0) is 9.84 Å². The average Bonchev–Trinajstić information content (AvgIpc) is 2.00. The molecule has 0 heterocycles. The molecule has 0 aliphatic carbocycles. The van der Waals surface area contributed by atoms with Gasteiger partial charge in [-0.2, -0.15) is 0 Å². The molecule has 0 saturated heterocycles. The minimum absolute atomic E-state index is 0.0232. The van der Waals surface area contributed by atoms with Gasteiger partial charge < -0.3 is 10.6 Å². The summed E-state index contributed by atoms with van der Waals surface area (Å²) in [5.74, 6) is 0.520. The molecule has 0 saturated carbocycles. The zero-order chi connectivity index (χ0) is 11.9. The van der Waals surface area contributed by atoms with E-state index in [9.17, 15) is 13.2 Å². The molecular formula is C9H20N2O3S. The molecule has 2 amide bonds. The summed E-state index contributed by atoms with van der Waals surface area (Å²) in [6, 6.07) is -0.306. The summed E-state index contributed by atoms with van der Waals surface area (Å²) < 4.78 is 21.5. The van der Waals surface area contributed by atoms with Crippen LogP contribution in [0.4, 0.5) is 4.79 Å². The monoisotopic (exact) mass is 236 g/mol. The Morgan fingerprint density at radius 1 is 1.20 bits per heavy atom. The molecule has 0 aromatic heterocycles. The summed E-state index contributed by atoms with van der Waals surface area (Å²) in [5.41, 5.74) is 0. The van der Waals surface area contributed by atoms with Crippen LogP contribution in [0.5, 0.6) is 0 Å². The summed E-state index contributed by atoms with van der Waals surface area (Å²) in [4.78, 5) is 11.1. The quantitative estimate of drug-likeness (QED) is 0.700. The lowest BCUT2D eigenvalue weighted by atomic mass is 10.1. The number of sulfone groups is 1. The van der Waals surface area contributed by atoms with Crippen molar-refractivity contribution in [3.8, 4) is 0 Å². The fourth-order valence-electron chi connectivity index (χ4n) is 0.887. The number of hydrogen-bond acceptors (Lipinski definition) is 3. The first kappa shape index (κ1) is 14.2. The van der Waals surface area contributed by atoms with Crippen molar-refractivity contribution in [1.82, 2.24) is 10.6 Å². The van der Waals surface area contributed by atoms with Gasteiger partial charge >= 0.3 is 6.03 Å². The molecule has 0 atom stereocenters. The second-order valence-corrected chi connectivity index (χ2v) is 6.25. The molecule has 15 heavy (non-hydrogen) atoms. The molecule has 0 radical (unpaired) electrons. The largest absolute Gasteiger partial charge is 0.338 e. The second-order valence-electron chi connectivity index (χ2n) is 4.00. The van der Waals surface area contributed by atoms with Crippen LogP contribution in [0.2, 0.25) is 0 Å². The Bertz CT molecular complexity index is 286. The third-order valence-corrected chi connectivity index (χ3v) is 2.71. The minimum atomic E-state index is -3.00. The van der Waals surface area contributed by atoms with Gasteiger partial charge in [-0.1, -0.05) is 13.8 Å². The summed E-state index contributed by atoms with van der Waals surface area (Å²) in [6.45, 7) is 4.92. The second kappa shape index (κ2) is 6.66. The van der Waals surface area contributed by atoms with E-state index in [1.807, 2.05) is 0 Å². The van der Waals surface area contributed by atoms with Gasteiger partial charge in [0.1, 0.15) is 9.84 Å². The fraction of sp³-hybridized carbons (Fsp3) is 0.889. The van der Waals surface area contributed by atoms with Gasteiger partial charge in [-0.15, -0.1) is 0 Å². The van der Waals surface area contributed by atoms with E-state index in [2.05, 4.69) is 24.5 Å². The van der Waals surface area contributed by atoms with E-state index < -0.39 is 9.84 Å². The molecule has 0 bridgehead atoms. The molecule has 6 heteroatoms. The maximum Gasteiger partial charge on any atom is 0.314 e. The minimum Gasteiger partial charge on any atom is -0.338 e. The van der Waals surface area contributed by atoms with E-state index in [4.69, 9.17) is 0 Å². The van der Waals surface area contributed by atoms with Gasteiger partial charge in [-0.05, 0) is 12.3 Å². The van der Waals surface area contributed by atoms with Crippen LogP contribution < -0.4 is 10.6 Å². The summed E-state index contributed by atoms with van der Waals surface area (Å²) in [6.07, 6.45) is 2.06. The van der Waals surface area contributed by atoms with Gasteiger partial charge in [0.25, 0.3) is 0 Å². The number of carbonyl (C=O) groups excluding carboxylic acids is 1. The Labute approximate surface area is 91.5 Å². The highest BCUT2D eigenvalue weighted by Gasteiger charge is 2.04. The standard InChI is InChI=1S/C9H20N2O3S/c1-8(2)4-5-10-9(12)11-6-7-15(3,13)14/h8H,4-7H2,1-3H3,(H2,10,11,12). The van der Waals surface area contributed by atoms with E-state index in [-0.39, 0.29) is 18.3 Å². The highest BCUT2D eigenvalue weighted by molar-refractivity contribution is 7.90. The van der Waals surface area contributed by atoms with Crippen molar-refractivity contribution in [2.75, 3.05) is 25.1 Å². The number of carbonyl (C=O) groups is 1. The van der Waals surface area contributed by atoms with E-state index >= 15 is 0 Å². The summed E-state index contributed by atoms with van der Waals surface area (Å²) in [7, 11) is -3.00. The van der Waals surface area contributed by atoms with Crippen LogP contribution in [0.3, 0.4) is 0 Å². The average molecular weight is 236 g/mol. The van der Waals surface area contributed by atoms with Crippen molar-refractivity contribution < 1.29 is 13.2 Å². The predicted octanol–water partition coefficient (Wildman–Crippen LogP) is 0.376. The molecule has 5 nitrogen and oxygen atoms in total. The number of hydrogen-bond donors (Lipinski definition) is 2. The van der Waals surface area contributed by atoms with Gasteiger partial charge in [0.15, 0.2) is 0 Å². The van der Waals surface area contributed by atoms with Crippen LogP contribution in [-0.4, -0.2) is 39.5 Å². The van der Waals surface area contributed by atoms with Crippen LogP contribution >= 0.6 is 0 Å². The lowest BCUT2D eigenvalue weighted by Gasteiger charge is -2.08. The summed E-state index contributed by atoms with van der Waals surface area (Å²) >= 11 is 0. The number of urea groups is 1. The fourth-order valence-corrected chi connectivity index (χ4v) is 1.36. The molecule has 0 rings (SSSR count). The first-order valence-electron chi connectivity index (χ1n) is 5.00. The van der Waals surface area contributed by atoms with Crippen LogP contribution in [0, 0.1) is 5.92 Å². The first-order chi connectivity index (χ1) is 6.81. The molecule has 0 aromatic rings. The van der Waals surface area contributed by atoms with E-state index in [0.29, 0.717) is 12.5 Å². The van der Waals surface area contributed by atoms with Gasteiger partial charge in [0, 0.05) is 19.3 Å². The number of amides is 2. The van der Waals surface area contributed by atoms with Crippen molar-refractivity contribution in [1.29, 1.82) is 0 Å². The first-order valence-corrected chi connectivity index (χ1v) is 7.06. The lowest BCUT2D eigenvalue weighted by molar-refractivity contribution is 0.241. The van der Waals surface area contributed by atoms with E-state index in [1.54, 1.807) is 0 Å². The zero-order valence-corrected chi connectivity index (χ0v) is 10.4. The van der Waals surface area contributed by atoms with Crippen LogP contribution in [0.25, 0.3) is 0 Å². The maximum atomic E-state index is 11.1. The van der Waals surface area contributed by atoms with E-state index in [1.165, 1.54) is 0 Å². The molecule has 0 aliphatic rings. The maximum absolute atomic E-state index is 11.1. The highest BCUT2D eigenvalue weighted by Crippen LogP contribution is 1.95. The Hall–Kier alpha value is -0.780. The molecule has 0 aliphatic heterocycles. The Morgan fingerprint density at radius 2 is 1.73 bits per heavy atom. The molecule has 0 unspecified atom stereocenters. The lowest BCUT2D eigenvalue weighted by Crippen LogP contribution is -2.38. The smallest absolute Gasteiger partial charge is 0.314 e. The van der Waals surface area contributed by atoms with E-state index in [0.717, 1.165) is 12.7 Å². The van der Waals surface area contributed by atoms with Crippen molar-refractivity contribution in [2.24, 2.45) is 5.92 Å². The van der Waals surface area contributed by atoms with Crippen molar-refractivity contribution >= 4 is 15.9 Å². The van der Waals surface area contributed by atoms with Gasteiger partial charge in [-0.25, -0.2) is 13.2 Å². The van der Waals surface area contributed by atoms with Crippen molar-refractivity contribution in [3.63, 3.8) is 0 Å². The van der Waals surface area contributed by atoms with Gasteiger partial charge in [-0.3, -0.25) is 0 Å². The van der Waals surface area contributed by atoms with Gasteiger partial charge in [0.05, 0.1) is 5.75 Å². The van der Waals surface area contributed by atoms with Crippen molar-refractivity contribution in [3.05, 3.63) is 0 Å². The SMILES string of the molecule is CC(C)CCNC(=O)NCCS(C)(=O)=O. The van der Waals surface area contributed by atoms with Crippen molar-refractivity contribution in [2.45, 2.75) is 20.3 Å². The highest BCUT2D eigenvalue weighted by atomic mass is 32.2. The molecule has 0 aromatic carbocycles. The number of rotatable bonds is 6. The van der Waals surface area contributed by atoms with Gasteiger partial charge in [0.2, 0.25) is 0 Å². The van der Waals surface area contributed by atoms with Crippen LogP contribution in [0.1, 0.15) is 20.3 Å². The third-order valence-electron chi connectivity index (χ3n) is 1.77. The Morgan fingerprint density at radius 3 is 2.20 bits per heavy atom. The molecule has 90 valence electrons. The molecular weight excluding hydrogens is 216 g/mol. The molecule has 0 fully saturated rings. The Kier molecular flexibility index (Phi) is 6.31. The topological polar surface area (TPSA) is 75.3 Å². The molecule has 0 spiro atoms. The zero-order valence-electron chi connectivity index (χ0n) is 9.54. The summed E-state index contributed by atoms with van der Waals surface area (Å²) in [5, 5.41) is 5.14. The Balaban J connectivity index is 3.50. The van der Waals surface area contributed by atoms with Crippen LogP contribution in [0.15, 0.2) is 0 Å². The number of nitrogens with one attached hydrogen (secondary N) is 2.